The molecule has 2 aliphatic heterocycles. The number of Topliss-reactive ketones (excluding diaryl/α,β-unsaturated/α-hetero) is 1. The zero-order chi connectivity index (χ0) is 42.0. The molecule has 0 bridgehead atoms. The van der Waals surface area contributed by atoms with Crippen LogP contribution in [0.3, 0.4) is 0 Å². The number of benzene rings is 1. The van der Waals surface area contributed by atoms with E-state index in [2.05, 4.69) is 31.2 Å². The maximum atomic E-state index is 14.5. The van der Waals surface area contributed by atoms with Crippen LogP contribution in [0.1, 0.15) is 82.4 Å². The van der Waals surface area contributed by atoms with Gasteiger partial charge < -0.3 is 40.9 Å². The summed E-state index contributed by atoms with van der Waals surface area (Å²) in [4.78, 5) is 116. The SMILES string of the molecule is CCCC(NC(=O)[C@@H]1C[C@@H](OC(=O)N2CCc3ccccc3C2)CN1C(=O)[C@H](NC(=O)[C@H](NC(=O)c1cnccn1)C(C)C)C(C)C)C(=O)C(=O)NC(C)C(=O)O. The quantitative estimate of drug-likeness (QED) is 0.149. The minimum absolute atomic E-state index is 0.0126. The number of carboxylic acid groups (broad SMARTS) is 1. The van der Waals surface area contributed by atoms with E-state index in [4.69, 9.17) is 4.74 Å². The Morgan fingerprint density at radius 1 is 0.895 bits per heavy atom. The number of nitrogens with one attached hydrogen (secondary N) is 4. The first-order valence-electron chi connectivity index (χ1n) is 19.1. The standard InChI is InChI=1S/C39H52N8O10/c1-7-10-27(32(48)36(52)42-23(6)38(54)55)43-34(50)29-17-26(57-39(56)46-16-13-24-11-8-9-12-25(24)19-46)20-47(29)37(53)31(22(4)5)45-35(51)30(21(2)3)44-33(49)28-18-40-14-15-41-28/h8-9,11-12,14-15,18,21-23,26-27,29-31H,7,10,13,16-17,19-20H2,1-6H3,(H,42,52)(H,43,50)(H,44,49)(H,45,51)(H,54,55)/t23?,26-,27?,29+,30-,31-/m1/s1. The van der Waals surface area contributed by atoms with Crippen LogP contribution >= 0.6 is 0 Å². The highest BCUT2D eigenvalue weighted by Gasteiger charge is 2.46. The Kier molecular flexibility index (Phi) is 15.2. The zero-order valence-electron chi connectivity index (χ0n) is 33.0. The minimum Gasteiger partial charge on any atom is -0.480 e. The lowest BCUT2D eigenvalue weighted by Crippen LogP contribution is -2.60. The highest BCUT2D eigenvalue weighted by molar-refractivity contribution is 6.38. The average Bonchev–Trinajstić information content (AvgIpc) is 3.61. The Morgan fingerprint density at radius 2 is 1.58 bits per heavy atom. The molecule has 0 aliphatic carbocycles. The van der Waals surface area contributed by atoms with E-state index in [0.717, 1.165) is 11.1 Å². The van der Waals surface area contributed by atoms with Crippen LogP contribution in [0.15, 0.2) is 42.9 Å². The van der Waals surface area contributed by atoms with Crippen molar-refractivity contribution in [3.8, 4) is 0 Å². The summed E-state index contributed by atoms with van der Waals surface area (Å²) in [7, 11) is 0. The lowest BCUT2D eigenvalue weighted by molar-refractivity contribution is -0.145. The smallest absolute Gasteiger partial charge is 0.410 e. The summed E-state index contributed by atoms with van der Waals surface area (Å²) in [5.74, 6) is -7.40. The van der Waals surface area contributed by atoms with Crippen molar-refractivity contribution in [2.45, 2.75) is 110 Å². The van der Waals surface area contributed by atoms with Gasteiger partial charge in [0, 0.05) is 31.9 Å². The molecule has 1 aromatic heterocycles. The van der Waals surface area contributed by atoms with Gasteiger partial charge in [-0.2, -0.15) is 0 Å². The Hall–Kier alpha value is -5.94. The third-order valence-electron chi connectivity index (χ3n) is 9.92. The van der Waals surface area contributed by atoms with Gasteiger partial charge in [-0.15, -0.1) is 0 Å². The van der Waals surface area contributed by atoms with E-state index in [-0.39, 0.29) is 25.1 Å². The van der Waals surface area contributed by atoms with E-state index >= 15 is 0 Å². The van der Waals surface area contributed by atoms with Crippen LogP contribution < -0.4 is 21.3 Å². The van der Waals surface area contributed by atoms with Gasteiger partial charge in [0.05, 0.1) is 18.8 Å². The summed E-state index contributed by atoms with van der Waals surface area (Å²) in [6.45, 7) is 10.2. The van der Waals surface area contributed by atoms with Crippen molar-refractivity contribution in [1.82, 2.24) is 41.0 Å². The number of aromatic nitrogens is 2. The molecule has 6 amide bonds. The van der Waals surface area contributed by atoms with Gasteiger partial charge in [-0.1, -0.05) is 65.3 Å². The Labute approximate surface area is 330 Å². The molecule has 0 saturated carbocycles. The first kappa shape index (κ1) is 43.8. The molecule has 5 N–H and O–H groups in total. The number of hydrogen-bond acceptors (Lipinski definition) is 11. The van der Waals surface area contributed by atoms with Crippen LogP contribution in [0.4, 0.5) is 4.79 Å². The zero-order valence-corrected chi connectivity index (χ0v) is 33.0. The van der Waals surface area contributed by atoms with E-state index in [0.29, 0.717) is 25.9 Å². The van der Waals surface area contributed by atoms with E-state index in [1.54, 1.807) is 34.6 Å². The largest absolute Gasteiger partial charge is 0.480 e. The predicted octanol–water partition coefficient (Wildman–Crippen LogP) is 0.980. The van der Waals surface area contributed by atoms with Crippen LogP contribution in [0.2, 0.25) is 0 Å². The van der Waals surface area contributed by atoms with E-state index in [1.165, 1.54) is 35.3 Å². The van der Waals surface area contributed by atoms with E-state index in [9.17, 15) is 43.5 Å². The number of ketones is 1. The number of rotatable bonds is 16. The summed E-state index contributed by atoms with van der Waals surface area (Å²) < 4.78 is 5.89. The number of ether oxygens (including phenoxy) is 1. The number of aliphatic carboxylic acids is 1. The number of fused-ring (bicyclic) bond motifs is 1. The number of amides is 6. The molecule has 308 valence electrons. The van der Waals surface area contributed by atoms with Crippen molar-refractivity contribution in [2.75, 3.05) is 13.1 Å². The fraction of sp³-hybridized carbons (Fsp3) is 0.538. The molecule has 1 fully saturated rings. The van der Waals surface area contributed by atoms with Crippen molar-refractivity contribution >= 4 is 47.4 Å². The van der Waals surface area contributed by atoms with Crippen molar-refractivity contribution in [3.63, 3.8) is 0 Å². The molecular weight excluding hydrogens is 740 g/mol. The monoisotopic (exact) mass is 792 g/mol. The summed E-state index contributed by atoms with van der Waals surface area (Å²) in [6.07, 6.45) is 3.21. The lowest BCUT2D eigenvalue weighted by Gasteiger charge is -2.32. The predicted molar refractivity (Wildman–Crippen MR) is 203 cm³/mol. The van der Waals surface area contributed by atoms with Gasteiger partial charge in [0.2, 0.25) is 23.5 Å². The van der Waals surface area contributed by atoms with Gasteiger partial charge in [-0.3, -0.25) is 38.5 Å². The van der Waals surface area contributed by atoms with Gasteiger partial charge in [-0.25, -0.2) is 9.78 Å². The van der Waals surface area contributed by atoms with Gasteiger partial charge in [-0.05, 0) is 42.7 Å². The van der Waals surface area contributed by atoms with Crippen LogP contribution in [-0.4, -0.2) is 122 Å². The molecule has 2 aliphatic rings. The maximum Gasteiger partial charge on any atom is 0.410 e. The number of carboxylic acids is 1. The first-order valence-corrected chi connectivity index (χ1v) is 19.1. The summed E-state index contributed by atoms with van der Waals surface area (Å²) in [5, 5.41) is 19.3. The second-order valence-corrected chi connectivity index (χ2v) is 15.0. The molecule has 1 saturated heterocycles. The highest BCUT2D eigenvalue weighted by Crippen LogP contribution is 2.26. The normalized spacial score (nSPS) is 18.4. The van der Waals surface area contributed by atoms with Gasteiger partial charge in [0.25, 0.3) is 11.8 Å². The molecule has 18 heteroatoms. The summed E-state index contributed by atoms with van der Waals surface area (Å²) in [5.41, 5.74) is 2.08. The van der Waals surface area contributed by atoms with Crippen LogP contribution in [0, 0.1) is 11.8 Å². The number of carbonyl (C=O) groups is 8. The van der Waals surface area contributed by atoms with Crippen molar-refractivity contribution in [1.29, 1.82) is 0 Å². The molecule has 6 atom stereocenters. The molecule has 3 heterocycles. The molecule has 0 radical (unpaired) electrons. The van der Waals surface area contributed by atoms with Crippen molar-refractivity contribution in [2.24, 2.45) is 11.8 Å². The van der Waals surface area contributed by atoms with E-state index < -0.39 is 95.5 Å². The number of likely N-dealkylation sites (tertiary alicyclic amines) is 1. The molecule has 2 aromatic rings. The average molecular weight is 793 g/mol. The van der Waals surface area contributed by atoms with Gasteiger partial charge >= 0.3 is 12.1 Å². The number of carbonyl (C=O) groups excluding carboxylic acids is 7. The van der Waals surface area contributed by atoms with E-state index in [1.807, 2.05) is 24.3 Å². The summed E-state index contributed by atoms with van der Waals surface area (Å²) in [6, 6.07) is 1.38. The first-order chi connectivity index (χ1) is 27.0. The highest BCUT2D eigenvalue weighted by atomic mass is 16.6. The molecule has 2 unspecified atom stereocenters. The third-order valence-corrected chi connectivity index (χ3v) is 9.92. The van der Waals surface area contributed by atoms with Crippen molar-refractivity contribution < 1.29 is 48.2 Å². The lowest BCUT2D eigenvalue weighted by atomic mass is 9.98. The second-order valence-electron chi connectivity index (χ2n) is 15.0. The minimum atomic E-state index is -1.37. The third kappa shape index (κ3) is 11.3. The number of hydrogen-bond donors (Lipinski definition) is 5. The molecule has 4 rings (SSSR count). The van der Waals surface area contributed by atoms with Gasteiger partial charge in [0.15, 0.2) is 0 Å². The van der Waals surface area contributed by atoms with Crippen molar-refractivity contribution in [3.05, 3.63) is 59.7 Å². The molecule has 1 aromatic carbocycles. The fourth-order valence-electron chi connectivity index (χ4n) is 6.66. The topological polar surface area (TPSA) is 246 Å². The summed E-state index contributed by atoms with van der Waals surface area (Å²) >= 11 is 0. The fourth-order valence-corrected chi connectivity index (χ4v) is 6.66. The van der Waals surface area contributed by atoms with Crippen LogP contribution in [0.25, 0.3) is 0 Å². The maximum absolute atomic E-state index is 14.5. The molecule has 18 nitrogen and oxygen atoms in total. The van der Waals surface area contributed by atoms with Crippen LogP contribution in [-0.2, 0) is 46.5 Å². The molecule has 57 heavy (non-hydrogen) atoms. The Balaban J connectivity index is 1.57. The second kappa shape index (κ2) is 19.8. The Morgan fingerprint density at radius 3 is 2.19 bits per heavy atom. The Bertz CT molecular complexity index is 1820. The molecule has 0 spiro atoms. The molecular formula is C39H52N8O10. The number of nitrogens with zero attached hydrogens (tertiary/aromatic N) is 4. The van der Waals surface area contributed by atoms with Crippen LogP contribution in [0.5, 0.6) is 0 Å². The van der Waals surface area contributed by atoms with Gasteiger partial charge in [0.1, 0.15) is 36.0 Å².